The number of hydrogen-bond acceptors (Lipinski definition) is 1. The molecule has 0 bridgehead atoms. The van der Waals surface area contributed by atoms with Gasteiger partial charge >= 0.3 is 0 Å². The van der Waals surface area contributed by atoms with Crippen LogP contribution < -0.4 is 5.32 Å². The zero-order valence-electron chi connectivity index (χ0n) is 9.79. The lowest BCUT2D eigenvalue weighted by molar-refractivity contribution is 0.102. The average molecular weight is 404 g/mol. The Hall–Kier alpha value is -0.840. The summed E-state index contributed by atoms with van der Waals surface area (Å²) in [6.45, 7) is 0. The van der Waals surface area contributed by atoms with Gasteiger partial charge in [-0.25, -0.2) is 0 Å². The third kappa shape index (κ3) is 3.81. The molecule has 2 nitrogen and oxygen atoms in total. The lowest BCUT2D eigenvalue weighted by Gasteiger charge is -2.07. The Balaban J connectivity index is 2.15. The maximum Gasteiger partial charge on any atom is 0.256 e. The van der Waals surface area contributed by atoms with Crippen molar-refractivity contribution in [3.63, 3.8) is 0 Å². The van der Waals surface area contributed by atoms with Crippen LogP contribution in [0.15, 0.2) is 46.9 Å². The summed E-state index contributed by atoms with van der Waals surface area (Å²) in [7, 11) is 0. The van der Waals surface area contributed by atoms with Gasteiger partial charge in [0.15, 0.2) is 0 Å². The molecule has 0 heterocycles. The summed E-state index contributed by atoms with van der Waals surface area (Å²) >= 11 is 12.6. The quantitative estimate of drug-likeness (QED) is 0.697. The van der Waals surface area contributed by atoms with Crippen LogP contribution in [0, 0.1) is 0 Å². The van der Waals surface area contributed by atoms with Crippen LogP contribution in [0.5, 0.6) is 0 Å². The van der Waals surface area contributed by atoms with Crippen molar-refractivity contribution in [3.8, 4) is 0 Å². The van der Waals surface area contributed by atoms with E-state index < -0.39 is 0 Å². The highest BCUT2D eigenvalue weighted by Crippen LogP contribution is 2.22. The van der Waals surface area contributed by atoms with Gasteiger partial charge in [0.25, 0.3) is 5.91 Å². The highest BCUT2D eigenvalue weighted by atomic mass is 79.9. The second kappa shape index (κ2) is 6.55. The first kappa shape index (κ1) is 14.6. The maximum atomic E-state index is 12.1. The average Bonchev–Trinajstić information content (AvgIpc) is 2.39. The predicted molar refractivity (Wildman–Crippen MR) is 86.2 cm³/mol. The molecule has 0 fully saturated rings. The Labute approximate surface area is 133 Å². The van der Waals surface area contributed by atoms with E-state index in [0.717, 1.165) is 16.6 Å². The Morgan fingerprint density at radius 3 is 2.42 bits per heavy atom. The van der Waals surface area contributed by atoms with Crippen LogP contribution in [0.3, 0.4) is 0 Å². The van der Waals surface area contributed by atoms with Gasteiger partial charge in [0.2, 0.25) is 0 Å². The van der Waals surface area contributed by atoms with Gasteiger partial charge in [-0.15, -0.1) is 0 Å². The highest BCUT2D eigenvalue weighted by Gasteiger charge is 2.10. The first-order valence-electron chi connectivity index (χ1n) is 5.51. The largest absolute Gasteiger partial charge is 0.322 e. The number of rotatable bonds is 3. The van der Waals surface area contributed by atoms with Crippen LogP contribution in [0.4, 0.5) is 5.69 Å². The Bertz CT molecular complexity index is 599. The molecule has 0 unspecified atom stereocenters. The topological polar surface area (TPSA) is 29.1 Å². The van der Waals surface area contributed by atoms with Crippen molar-refractivity contribution < 1.29 is 4.79 Å². The molecule has 1 N–H and O–H groups in total. The number of nitrogens with one attached hydrogen (secondary N) is 1. The minimum Gasteiger partial charge on any atom is -0.322 e. The molecule has 0 atom stereocenters. The summed E-state index contributed by atoms with van der Waals surface area (Å²) in [5.74, 6) is -0.171. The van der Waals surface area contributed by atoms with E-state index in [4.69, 9.17) is 11.6 Å². The SMILES string of the molecule is O=C(Nc1ccc(CBr)cc1)c1ccc(Cl)cc1Br. The van der Waals surface area contributed by atoms with Crippen molar-refractivity contribution in [1.82, 2.24) is 0 Å². The van der Waals surface area contributed by atoms with Crippen molar-refractivity contribution in [2.45, 2.75) is 5.33 Å². The molecule has 2 rings (SSSR count). The minimum atomic E-state index is -0.171. The third-order valence-corrected chi connectivity index (χ3v) is 4.08. The number of benzene rings is 2. The number of anilines is 1. The van der Waals surface area contributed by atoms with Gasteiger partial charge in [-0.1, -0.05) is 39.7 Å². The number of hydrogen-bond donors (Lipinski definition) is 1. The zero-order chi connectivity index (χ0) is 13.8. The smallest absolute Gasteiger partial charge is 0.256 e. The van der Waals surface area contributed by atoms with Gasteiger partial charge < -0.3 is 5.32 Å². The summed E-state index contributed by atoms with van der Waals surface area (Å²) in [6, 6.07) is 12.7. The molecule has 2 aromatic carbocycles. The van der Waals surface area contributed by atoms with Gasteiger partial charge in [0.05, 0.1) is 5.56 Å². The first-order chi connectivity index (χ1) is 9.10. The number of carbonyl (C=O) groups excluding carboxylic acids is 1. The fraction of sp³-hybridized carbons (Fsp3) is 0.0714. The van der Waals surface area contributed by atoms with Gasteiger partial charge in [-0.3, -0.25) is 4.79 Å². The predicted octanol–water partition coefficient (Wildman–Crippen LogP) is 5.25. The van der Waals surface area contributed by atoms with E-state index in [9.17, 15) is 4.79 Å². The molecule has 0 saturated heterocycles. The Kier molecular flexibility index (Phi) is 5.02. The molecular weight excluding hydrogens is 393 g/mol. The normalized spacial score (nSPS) is 10.3. The van der Waals surface area contributed by atoms with Gasteiger partial charge in [0, 0.05) is 20.5 Å². The molecule has 0 saturated carbocycles. The number of halogens is 3. The van der Waals surface area contributed by atoms with Gasteiger partial charge in [0.1, 0.15) is 0 Å². The summed E-state index contributed by atoms with van der Waals surface area (Å²) < 4.78 is 0.676. The second-order valence-corrected chi connectivity index (χ2v) is 5.76. The molecule has 5 heteroatoms. The maximum absolute atomic E-state index is 12.1. The zero-order valence-corrected chi connectivity index (χ0v) is 13.7. The van der Waals surface area contributed by atoms with Gasteiger partial charge in [-0.2, -0.15) is 0 Å². The lowest BCUT2D eigenvalue weighted by Crippen LogP contribution is -2.12. The fourth-order valence-electron chi connectivity index (χ4n) is 1.55. The number of alkyl halides is 1. The van der Waals surface area contributed by atoms with Crippen LogP contribution in [-0.4, -0.2) is 5.91 Å². The molecule has 0 spiro atoms. The van der Waals surface area contributed by atoms with E-state index in [0.29, 0.717) is 15.1 Å². The van der Waals surface area contributed by atoms with Crippen molar-refractivity contribution in [3.05, 3.63) is 63.1 Å². The number of carbonyl (C=O) groups is 1. The fourth-order valence-corrected chi connectivity index (χ4v) is 2.79. The molecule has 0 aliphatic rings. The molecular formula is C14H10Br2ClNO. The molecule has 1 amide bonds. The van der Waals surface area contributed by atoms with Crippen molar-refractivity contribution in [2.75, 3.05) is 5.32 Å². The minimum absolute atomic E-state index is 0.171. The molecule has 0 aliphatic heterocycles. The molecule has 2 aromatic rings. The highest BCUT2D eigenvalue weighted by molar-refractivity contribution is 9.10. The van der Waals surface area contributed by atoms with Crippen molar-refractivity contribution in [2.24, 2.45) is 0 Å². The van der Waals surface area contributed by atoms with Gasteiger partial charge in [-0.05, 0) is 51.8 Å². The van der Waals surface area contributed by atoms with E-state index in [2.05, 4.69) is 37.2 Å². The van der Waals surface area contributed by atoms with Crippen LogP contribution in [0.1, 0.15) is 15.9 Å². The molecule has 98 valence electrons. The summed E-state index contributed by atoms with van der Waals surface area (Å²) in [5, 5.41) is 4.23. The van der Waals surface area contributed by atoms with Crippen molar-refractivity contribution in [1.29, 1.82) is 0 Å². The molecule has 0 radical (unpaired) electrons. The molecule has 0 aromatic heterocycles. The van der Waals surface area contributed by atoms with E-state index in [1.807, 2.05) is 24.3 Å². The molecule has 0 aliphatic carbocycles. The van der Waals surface area contributed by atoms with E-state index >= 15 is 0 Å². The van der Waals surface area contributed by atoms with Crippen LogP contribution in [0.25, 0.3) is 0 Å². The van der Waals surface area contributed by atoms with Crippen molar-refractivity contribution >= 4 is 55.1 Å². The Morgan fingerprint density at radius 1 is 1.16 bits per heavy atom. The summed E-state index contributed by atoms with van der Waals surface area (Å²) in [5.41, 5.74) is 2.47. The molecule has 19 heavy (non-hydrogen) atoms. The van der Waals surface area contributed by atoms with E-state index in [-0.39, 0.29) is 5.91 Å². The number of amides is 1. The summed E-state index contributed by atoms with van der Waals surface area (Å²) in [6.07, 6.45) is 0. The van der Waals surface area contributed by atoms with Crippen LogP contribution >= 0.6 is 43.5 Å². The third-order valence-electron chi connectivity index (χ3n) is 2.54. The first-order valence-corrected chi connectivity index (χ1v) is 7.80. The Morgan fingerprint density at radius 2 is 1.84 bits per heavy atom. The second-order valence-electron chi connectivity index (χ2n) is 3.91. The van der Waals surface area contributed by atoms with E-state index in [1.54, 1.807) is 18.2 Å². The standard InChI is InChI=1S/C14H10Br2ClNO/c15-8-9-1-4-11(5-2-9)18-14(19)12-6-3-10(17)7-13(12)16/h1-7H,8H2,(H,18,19). The van der Waals surface area contributed by atoms with E-state index in [1.165, 1.54) is 0 Å². The van der Waals surface area contributed by atoms with Crippen LogP contribution in [-0.2, 0) is 5.33 Å². The lowest BCUT2D eigenvalue weighted by atomic mass is 10.2. The summed E-state index contributed by atoms with van der Waals surface area (Å²) in [4.78, 5) is 12.1. The van der Waals surface area contributed by atoms with Crippen LogP contribution in [0.2, 0.25) is 5.02 Å². The monoisotopic (exact) mass is 401 g/mol.